The Bertz CT molecular complexity index is 791. The average molecular weight is 357 g/mol. The number of aryl methyl sites for hydroxylation is 1. The van der Waals surface area contributed by atoms with Crippen LogP contribution in [0.4, 0.5) is 5.69 Å². The molecule has 1 saturated heterocycles. The zero-order chi connectivity index (χ0) is 17.8. The number of amides is 2. The number of hydrogen-bond acceptors (Lipinski definition) is 2. The van der Waals surface area contributed by atoms with E-state index in [0.29, 0.717) is 18.1 Å². The van der Waals surface area contributed by atoms with Crippen LogP contribution in [0.15, 0.2) is 48.5 Å². The van der Waals surface area contributed by atoms with Gasteiger partial charge in [-0.2, -0.15) is 0 Å². The molecule has 2 aromatic rings. The molecule has 0 unspecified atom stereocenters. The maximum absolute atomic E-state index is 12.5. The fraction of sp³-hybridized carbons (Fsp3) is 0.300. The molecule has 4 nitrogen and oxygen atoms in total. The number of carbonyl (C=O) groups excluding carboxylic acids is 2. The SMILES string of the molecule is CCc1cccc(NC(=O)[C@H]2CC(=O)N(Cc3ccccc3Cl)C2)c1. The minimum Gasteiger partial charge on any atom is -0.337 e. The summed E-state index contributed by atoms with van der Waals surface area (Å²) in [7, 11) is 0. The molecule has 0 saturated carbocycles. The van der Waals surface area contributed by atoms with E-state index in [-0.39, 0.29) is 24.2 Å². The summed E-state index contributed by atoms with van der Waals surface area (Å²) in [6, 6.07) is 15.3. The summed E-state index contributed by atoms with van der Waals surface area (Å²) >= 11 is 6.17. The second kappa shape index (κ2) is 7.70. The van der Waals surface area contributed by atoms with Crippen molar-refractivity contribution in [1.82, 2.24) is 4.90 Å². The number of hydrogen-bond donors (Lipinski definition) is 1. The lowest BCUT2D eigenvalue weighted by molar-refractivity contribution is -0.128. The number of anilines is 1. The lowest BCUT2D eigenvalue weighted by Crippen LogP contribution is -2.28. The first-order valence-electron chi connectivity index (χ1n) is 8.47. The van der Waals surface area contributed by atoms with Gasteiger partial charge in [-0.1, -0.05) is 48.9 Å². The van der Waals surface area contributed by atoms with Gasteiger partial charge in [0.1, 0.15) is 0 Å². The van der Waals surface area contributed by atoms with Gasteiger partial charge in [-0.15, -0.1) is 0 Å². The van der Waals surface area contributed by atoms with Crippen molar-refractivity contribution in [3.05, 3.63) is 64.7 Å². The molecular weight excluding hydrogens is 336 g/mol. The van der Waals surface area contributed by atoms with Crippen LogP contribution >= 0.6 is 11.6 Å². The Morgan fingerprint density at radius 1 is 1.24 bits per heavy atom. The van der Waals surface area contributed by atoms with Crippen LogP contribution in [0.1, 0.15) is 24.5 Å². The molecule has 0 aromatic heterocycles. The summed E-state index contributed by atoms with van der Waals surface area (Å²) in [5.41, 5.74) is 2.84. The Hall–Kier alpha value is -2.33. The largest absolute Gasteiger partial charge is 0.337 e. The van der Waals surface area contributed by atoms with Crippen LogP contribution in [0.3, 0.4) is 0 Å². The quantitative estimate of drug-likeness (QED) is 0.883. The van der Waals surface area contributed by atoms with E-state index in [1.54, 1.807) is 4.90 Å². The van der Waals surface area contributed by atoms with Crippen LogP contribution < -0.4 is 5.32 Å². The third-order valence-corrected chi connectivity index (χ3v) is 4.88. The number of nitrogens with one attached hydrogen (secondary N) is 1. The van der Waals surface area contributed by atoms with Crippen molar-refractivity contribution < 1.29 is 9.59 Å². The van der Waals surface area contributed by atoms with Crippen molar-refractivity contribution in [2.45, 2.75) is 26.3 Å². The zero-order valence-corrected chi connectivity index (χ0v) is 14.9. The second-order valence-corrected chi connectivity index (χ2v) is 6.72. The van der Waals surface area contributed by atoms with Crippen LogP contribution in [0.5, 0.6) is 0 Å². The van der Waals surface area contributed by atoms with Gasteiger partial charge in [-0.3, -0.25) is 9.59 Å². The van der Waals surface area contributed by atoms with E-state index in [0.717, 1.165) is 17.7 Å². The smallest absolute Gasteiger partial charge is 0.229 e. The normalized spacial score (nSPS) is 17.0. The second-order valence-electron chi connectivity index (χ2n) is 6.31. The number of benzene rings is 2. The van der Waals surface area contributed by atoms with E-state index < -0.39 is 0 Å². The standard InChI is InChI=1S/C20H21ClN2O2/c1-2-14-6-5-8-17(10-14)22-20(25)16-11-19(24)23(13-16)12-15-7-3-4-9-18(15)21/h3-10,16H,2,11-13H2,1H3,(H,22,25)/t16-/m0/s1. The highest BCUT2D eigenvalue weighted by molar-refractivity contribution is 6.31. The molecule has 25 heavy (non-hydrogen) atoms. The topological polar surface area (TPSA) is 49.4 Å². The third kappa shape index (κ3) is 4.20. The minimum atomic E-state index is -0.333. The zero-order valence-electron chi connectivity index (χ0n) is 14.2. The molecule has 1 fully saturated rings. The molecule has 0 bridgehead atoms. The molecule has 1 aliphatic heterocycles. The van der Waals surface area contributed by atoms with Gasteiger partial charge in [-0.25, -0.2) is 0 Å². The Labute approximate surface area is 152 Å². The van der Waals surface area contributed by atoms with Crippen molar-refractivity contribution in [1.29, 1.82) is 0 Å². The van der Waals surface area contributed by atoms with Crippen LogP contribution in [-0.4, -0.2) is 23.3 Å². The Morgan fingerprint density at radius 2 is 2.04 bits per heavy atom. The summed E-state index contributed by atoms with van der Waals surface area (Å²) in [5, 5.41) is 3.57. The lowest BCUT2D eigenvalue weighted by atomic mass is 10.1. The molecule has 5 heteroatoms. The minimum absolute atomic E-state index is 0.0117. The summed E-state index contributed by atoms with van der Waals surface area (Å²) in [6.45, 7) is 2.93. The van der Waals surface area contributed by atoms with Gasteiger partial charge >= 0.3 is 0 Å². The highest BCUT2D eigenvalue weighted by Gasteiger charge is 2.34. The van der Waals surface area contributed by atoms with Crippen LogP contribution in [0, 0.1) is 5.92 Å². The van der Waals surface area contributed by atoms with Crippen LogP contribution in [0.2, 0.25) is 5.02 Å². The first-order valence-corrected chi connectivity index (χ1v) is 8.85. The fourth-order valence-electron chi connectivity index (χ4n) is 3.05. The maximum atomic E-state index is 12.5. The Morgan fingerprint density at radius 3 is 2.80 bits per heavy atom. The maximum Gasteiger partial charge on any atom is 0.229 e. The summed E-state index contributed by atoms with van der Waals surface area (Å²) in [5.74, 6) is -0.453. The van der Waals surface area contributed by atoms with Gasteiger partial charge in [0, 0.05) is 30.2 Å². The lowest BCUT2D eigenvalue weighted by Gasteiger charge is -2.17. The molecule has 1 N–H and O–H groups in total. The van der Waals surface area contributed by atoms with Crippen molar-refractivity contribution in [2.75, 3.05) is 11.9 Å². The molecule has 0 spiro atoms. The van der Waals surface area contributed by atoms with Gasteiger partial charge in [0.05, 0.1) is 5.92 Å². The van der Waals surface area contributed by atoms with Gasteiger partial charge in [-0.05, 0) is 35.7 Å². The van der Waals surface area contributed by atoms with E-state index in [9.17, 15) is 9.59 Å². The average Bonchev–Trinajstić information content (AvgIpc) is 2.98. The number of nitrogens with zero attached hydrogens (tertiary/aromatic N) is 1. The number of halogens is 1. The molecule has 0 radical (unpaired) electrons. The first-order chi connectivity index (χ1) is 12.1. The van der Waals surface area contributed by atoms with Gasteiger partial charge in [0.15, 0.2) is 0 Å². The number of rotatable bonds is 5. The molecule has 130 valence electrons. The monoisotopic (exact) mass is 356 g/mol. The van der Waals surface area contributed by atoms with Gasteiger partial charge in [0.25, 0.3) is 0 Å². The molecule has 2 aromatic carbocycles. The summed E-state index contributed by atoms with van der Waals surface area (Å²) < 4.78 is 0. The van der Waals surface area contributed by atoms with Gasteiger partial charge in [0.2, 0.25) is 11.8 Å². The third-order valence-electron chi connectivity index (χ3n) is 4.51. The molecule has 2 amide bonds. The molecule has 0 aliphatic carbocycles. The number of carbonyl (C=O) groups is 2. The summed E-state index contributed by atoms with van der Waals surface area (Å²) in [6.07, 6.45) is 1.15. The first kappa shape index (κ1) is 17.5. The van der Waals surface area contributed by atoms with Crippen molar-refractivity contribution in [2.24, 2.45) is 5.92 Å². The highest BCUT2D eigenvalue weighted by Crippen LogP contribution is 2.24. The van der Waals surface area contributed by atoms with Crippen LogP contribution in [-0.2, 0) is 22.6 Å². The predicted octanol–water partition coefficient (Wildman–Crippen LogP) is 3.89. The predicted molar refractivity (Wildman–Crippen MR) is 99.4 cm³/mol. The molecule has 3 rings (SSSR count). The van der Waals surface area contributed by atoms with Crippen LogP contribution in [0.25, 0.3) is 0 Å². The van der Waals surface area contributed by atoms with E-state index in [1.807, 2.05) is 48.5 Å². The van der Waals surface area contributed by atoms with Crippen molar-refractivity contribution in [3.8, 4) is 0 Å². The molecular formula is C20H21ClN2O2. The van der Waals surface area contributed by atoms with E-state index >= 15 is 0 Å². The molecule has 1 heterocycles. The summed E-state index contributed by atoms with van der Waals surface area (Å²) in [4.78, 5) is 26.5. The fourth-order valence-corrected chi connectivity index (χ4v) is 3.24. The number of likely N-dealkylation sites (tertiary alicyclic amines) is 1. The molecule has 1 aliphatic rings. The van der Waals surface area contributed by atoms with Crippen molar-refractivity contribution >= 4 is 29.1 Å². The highest BCUT2D eigenvalue weighted by atomic mass is 35.5. The van der Waals surface area contributed by atoms with E-state index in [1.165, 1.54) is 5.56 Å². The van der Waals surface area contributed by atoms with E-state index in [2.05, 4.69) is 12.2 Å². The Balaban J connectivity index is 1.63. The van der Waals surface area contributed by atoms with Crippen molar-refractivity contribution in [3.63, 3.8) is 0 Å². The van der Waals surface area contributed by atoms with Gasteiger partial charge < -0.3 is 10.2 Å². The molecule has 1 atom stereocenters. The van der Waals surface area contributed by atoms with E-state index in [4.69, 9.17) is 11.6 Å². The Kier molecular flexibility index (Phi) is 5.39.